The van der Waals surface area contributed by atoms with Crippen LogP contribution in [-0.2, 0) is 16.1 Å². The van der Waals surface area contributed by atoms with Gasteiger partial charge in [0, 0.05) is 0 Å². The number of amides is 1. The molecule has 0 bridgehead atoms. The smallest absolute Gasteiger partial charge is 0.342 e. The average Bonchev–Trinajstić information content (AvgIpc) is 3.21. The number of esters is 1. The summed E-state index contributed by atoms with van der Waals surface area (Å²) < 4.78 is 16.2. The summed E-state index contributed by atoms with van der Waals surface area (Å²) in [5.74, 6) is 0.519. The fourth-order valence-corrected chi connectivity index (χ4v) is 2.35. The molecule has 6 heteroatoms. The van der Waals surface area contributed by atoms with Gasteiger partial charge < -0.3 is 19.2 Å². The summed E-state index contributed by atoms with van der Waals surface area (Å²) in [5, 5.41) is 2.65. The largest absolute Gasteiger partial charge is 0.467 e. The Morgan fingerprint density at radius 1 is 1.00 bits per heavy atom. The number of furan rings is 1. The minimum Gasteiger partial charge on any atom is -0.467 e. The normalized spacial score (nSPS) is 11.4. The molecule has 27 heavy (non-hydrogen) atoms. The van der Waals surface area contributed by atoms with Gasteiger partial charge in [0.05, 0.1) is 12.8 Å². The topological polar surface area (TPSA) is 77.8 Å². The van der Waals surface area contributed by atoms with Crippen LogP contribution in [0, 0.1) is 0 Å². The van der Waals surface area contributed by atoms with Crippen molar-refractivity contribution < 1.29 is 23.5 Å². The third-order valence-corrected chi connectivity index (χ3v) is 3.75. The van der Waals surface area contributed by atoms with Crippen molar-refractivity contribution in [3.05, 3.63) is 84.3 Å². The summed E-state index contributed by atoms with van der Waals surface area (Å²) in [7, 11) is 0. The summed E-state index contributed by atoms with van der Waals surface area (Å²) in [6.07, 6.45) is 0.562. The van der Waals surface area contributed by atoms with E-state index in [9.17, 15) is 9.59 Å². The third kappa shape index (κ3) is 4.98. The molecule has 0 aliphatic heterocycles. The predicted molar refractivity (Wildman–Crippen MR) is 98.4 cm³/mol. The number of carbonyl (C=O) groups excluding carboxylic acids is 2. The fourth-order valence-electron chi connectivity index (χ4n) is 2.35. The number of carbonyl (C=O) groups is 2. The highest BCUT2D eigenvalue weighted by Crippen LogP contribution is 2.25. The molecule has 138 valence electrons. The Hall–Kier alpha value is -3.54. The lowest BCUT2D eigenvalue weighted by molar-refractivity contribution is -0.129. The van der Waals surface area contributed by atoms with Gasteiger partial charge in [-0.25, -0.2) is 4.79 Å². The number of para-hydroxylation sites is 2. The van der Waals surface area contributed by atoms with E-state index in [2.05, 4.69) is 5.32 Å². The first-order chi connectivity index (χ1) is 13.1. The lowest BCUT2D eigenvalue weighted by atomic mass is 10.2. The number of hydrogen-bond acceptors (Lipinski definition) is 5. The van der Waals surface area contributed by atoms with Gasteiger partial charge in [-0.05, 0) is 43.3 Å². The predicted octanol–water partition coefficient (Wildman–Crippen LogP) is 3.93. The molecule has 1 atom stereocenters. The highest BCUT2D eigenvalue weighted by Gasteiger charge is 2.21. The van der Waals surface area contributed by atoms with E-state index in [1.165, 1.54) is 13.2 Å². The second-order valence-electron chi connectivity index (χ2n) is 5.76. The van der Waals surface area contributed by atoms with Crippen LogP contribution in [0.2, 0.25) is 0 Å². The van der Waals surface area contributed by atoms with Gasteiger partial charge in [0.2, 0.25) is 0 Å². The molecular weight excluding hydrogens is 346 g/mol. The van der Waals surface area contributed by atoms with Gasteiger partial charge >= 0.3 is 5.97 Å². The number of ether oxygens (including phenoxy) is 2. The molecule has 6 nitrogen and oxygen atoms in total. The monoisotopic (exact) mass is 365 g/mol. The zero-order valence-electron chi connectivity index (χ0n) is 14.8. The van der Waals surface area contributed by atoms with E-state index in [-0.39, 0.29) is 12.1 Å². The Labute approximate surface area is 156 Å². The van der Waals surface area contributed by atoms with Crippen LogP contribution in [0.5, 0.6) is 11.5 Å². The SMILES string of the molecule is C[C@H](OC(=O)c1ccccc1Oc1ccccc1)C(=O)NCc1ccco1. The molecule has 2 aromatic carbocycles. The van der Waals surface area contributed by atoms with Gasteiger partial charge in [0.1, 0.15) is 22.8 Å². The van der Waals surface area contributed by atoms with Crippen molar-refractivity contribution in [1.29, 1.82) is 0 Å². The molecule has 1 amide bonds. The van der Waals surface area contributed by atoms with Gasteiger partial charge in [-0.3, -0.25) is 4.79 Å². The first-order valence-electron chi connectivity index (χ1n) is 8.46. The van der Waals surface area contributed by atoms with E-state index in [0.29, 0.717) is 17.3 Å². The molecule has 3 aromatic rings. The highest BCUT2D eigenvalue weighted by atomic mass is 16.5. The molecule has 0 saturated carbocycles. The zero-order chi connectivity index (χ0) is 19.1. The summed E-state index contributed by atoms with van der Waals surface area (Å²) in [5.41, 5.74) is 0.243. The van der Waals surface area contributed by atoms with Crippen LogP contribution in [0.1, 0.15) is 23.0 Å². The molecule has 1 heterocycles. The van der Waals surface area contributed by atoms with Crippen LogP contribution in [0.25, 0.3) is 0 Å². The van der Waals surface area contributed by atoms with Gasteiger partial charge in [-0.1, -0.05) is 30.3 Å². The number of hydrogen-bond donors (Lipinski definition) is 1. The standard InChI is InChI=1S/C21H19NO5/c1-15(20(23)22-14-17-10-7-13-25-17)26-21(24)18-11-5-6-12-19(18)27-16-8-3-2-4-9-16/h2-13,15H,14H2,1H3,(H,22,23)/t15-/m0/s1. The molecule has 0 aliphatic carbocycles. The van der Waals surface area contributed by atoms with Gasteiger partial charge in [-0.2, -0.15) is 0 Å². The Morgan fingerprint density at radius 3 is 2.48 bits per heavy atom. The Kier molecular flexibility index (Phi) is 5.89. The lowest BCUT2D eigenvalue weighted by Gasteiger charge is -2.15. The first-order valence-corrected chi connectivity index (χ1v) is 8.46. The van der Waals surface area contributed by atoms with E-state index in [0.717, 1.165) is 0 Å². The minimum atomic E-state index is -0.961. The van der Waals surface area contributed by atoms with E-state index in [1.807, 2.05) is 18.2 Å². The minimum absolute atomic E-state index is 0.224. The molecule has 1 N–H and O–H groups in total. The van der Waals surface area contributed by atoms with Crippen molar-refractivity contribution in [3.63, 3.8) is 0 Å². The quantitative estimate of drug-likeness (QED) is 0.642. The molecule has 0 aliphatic rings. The van der Waals surface area contributed by atoms with Crippen molar-refractivity contribution in [1.82, 2.24) is 5.32 Å². The summed E-state index contributed by atoms with van der Waals surface area (Å²) in [6, 6.07) is 19.3. The van der Waals surface area contributed by atoms with Crippen LogP contribution in [0.15, 0.2) is 77.4 Å². The molecule has 0 saturated heterocycles. The maximum atomic E-state index is 12.5. The van der Waals surface area contributed by atoms with Crippen LogP contribution in [-0.4, -0.2) is 18.0 Å². The number of rotatable bonds is 7. The summed E-state index contributed by atoms with van der Waals surface area (Å²) >= 11 is 0. The van der Waals surface area contributed by atoms with Crippen LogP contribution in [0.4, 0.5) is 0 Å². The van der Waals surface area contributed by atoms with Crippen molar-refractivity contribution in [2.75, 3.05) is 0 Å². The summed E-state index contributed by atoms with van der Waals surface area (Å²) in [4.78, 5) is 24.6. The lowest BCUT2D eigenvalue weighted by Crippen LogP contribution is -2.35. The van der Waals surface area contributed by atoms with Crippen molar-refractivity contribution >= 4 is 11.9 Å². The van der Waals surface area contributed by atoms with Crippen molar-refractivity contribution in [2.24, 2.45) is 0 Å². The highest BCUT2D eigenvalue weighted by molar-refractivity contribution is 5.94. The van der Waals surface area contributed by atoms with E-state index in [1.54, 1.807) is 48.5 Å². The molecule has 3 rings (SSSR count). The molecule has 0 fully saturated rings. The Balaban J connectivity index is 1.62. The zero-order valence-corrected chi connectivity index (χ0v) is 14.8. The third-order valence-electron chi connectivity index (χ3n) is 3.75. The number of benzene rings is 2. The second kappa shape index (κ2) is 8.71. The molecular formula is C21H19NO5. The molecule has 1 aromatic heterocycles. The second-order valence-corrected chi connectivity index (χ2v) is 5.76. The first kappa shape index (κ1) is 18.3. The summed E-state index contributed by atoms with van der Waals surface area (Å²) in [6.45, 7) is 1.73. The van der Waals surface area contributed by atoms with Gasteiger partial charge in [-0.15, -0.1) is 0 Å². The maximum absolute atomic E-state index is 12.5. The molecule has 0 unspecified atom stereocenters. The van der Waals surface area contributed by atoms with Gasteiger partial charge in [0.25, 0.3) is 5.91 Å². The van der Waals surface area contributed by atoms with E-state index < -0.39 is 18.0 Å². The number of nitrogens with one attached hydrogen (secondary N) is 1. The maximum Gasteiger partial charge on any atom is 0.342 e. The Morgan fingerprint density at radius 2 is 1.74 bits per heavy atom. The van der Waals surface area contributed by atoms with Gasteiger partial charge in [0.15, 0.2) is 6.10 Å². The van der Waals surface area contributed by atoms with Crippen LogP contribution < -0.4 is 10.1 Å². The van der Waals surface area contributed by atoms with E-state index >= 15 is 0 Å². The fraction of sp³-hybridized carbons (Fsp3) is 0.143. The molecule has 0 radical (unpaired) electrons. The van der Waals surface area contributed by atoms with Crippen LogP contribution in [0.3, 0.4) is 0 Å². The van der Waals surface area contributed by atoms with Crippen molar-refractivity contribution in [3.8, 4) is 11.5 Å². The van der Waals surface area contributed by atoms with Crippen molar-refractivity contribution in [2.45, 2.75) is 19.6 Å². The average molecular weight is 365 g/mol. The van der Waals surface area contributed by atoms with Crippen LogP contribution >= 0.6 is 0 Å². The Bertz CT molecular complexity index is 890. The molecule has 0 spiro atoms. The van der Waals surface area contributed by atoms with E-state index in [4.69, 9.17) is 13.9 Å².